The number of rotatable bonds is 5. The predicted molar refractivity (Wildman–Crippen MR) is 230 cm³/mol. The van der Waals surface area contributed by atoms with Crippen molar-refractivity contribution in [1.29, 1.82) is 0 Å². The minimum absolute atomic E-state index is 0.197. The quantitative estimate of drug-likeness (QED) is 0.177. The first-order valence-corrected chi connectivity index (χ1v) is 19.4. The second-order valence-corrected chi connectivity index (χ2v) is 15.9. The molecule has 1 aliphatic carbocycles. The summed E-state index contributed by atoms with van der Waals surface area (Å²) < 4.78 is 9.10. The average Bonchev–Trinajstić information content (AvgIpc) is 3.85. The number of hydrogen-bond acceptors (Lipinski definition) is 3. The Morgan fingerprint density at radius 1 is 0.463 bits per heavy atom. The molecule has 3 heteroatoms. The summed E-state index contributed by atoms with van der Waals surface area (Å²) in [5.74, 6) is 0. The van der Waals surface area contributed by atoms with Crippen molar-refractivity contribution < 1.29 is 4.42 Å². The summed E-state index contributed by atoms with van der Waals surface area (Å²) in [6, 6.07) is 64.2. The topological polar surface area (TPSA) is 16.4 Å². The van der Waals surface area contributed by atoms with Crippen LogP contribution in [0.2, 0.25) is 0 Å². The molecular weight excluding hydrogens is 675 g/mol. The zero-order valence-electron chi connectivity index (χ0n) is 30.0. The van der Waals surface area contributed by atoms with E-state index < -0.39 is 0 Å². The van der Waals surface area contributed by atoms with Crippen LogP contribution in [0.15, 0.2) is 180 Å². The van der Waals surface area contributed by atoms with Gasteiger partial charge in [0.05, 0.1) is 5.69 Å². The van der Waals surface area contributed by atoms with Crippen LogP contribution >= 0.6 is 11.3 Å². The smallest absolute Gasteiger partial charge is 0.137 e. The summed E-state index contributed by atoms with van der Waals surface area (Å²) in [5.41, 5.74) is 15.1. The van der Waals surface area contributed by atoms with Crippen LogP contribution in [-0.2, 0) is 5.41 Å². The van der Waals surface area contributed by atoms with Gasteiger partial charge in [-0.05, 0) is 81.4 Å². The van der Waals surface area contributed by atoms with Gasteiger partial charge in [-0.3, -0.25) is 0 Å². The number of thiophene rings is 1. The van der Waals surface area contributed by atoms with Gasteiger partial charge >= 0.3 is 0 Å². The van der Waals surface area contributed by atoms with E-state index in [1.807, 2.05) is 17.4 Å². The molecule has 0 atom stereocenters. The SMILES string of the molecule is CC1(C)c2ccccc2-c2cccc(-c3c(-c4ccccc4)cccc3N(c3ccc4c(c3)oc3ccccc34)c3ccc4c(c3)sc3ccccc34)c21. The summed E-state index contributed by atoms with van der Waals surface area (Å²) in [6.45, 7) is 4.77. The normalized spacial score (nSPS) is 13.1. The van der Waals surface area contributed by atoms with Crippen LogP contribution in [0.1, 0.15) is 25.0 Å². The van der Waals surface area contributed by atoms with Gasteiger partial charge in [-0.25, -0.2) is 0 Å². The molecule has 0 amide bonds. The molecule has 1 aliphatic rings. The molecule has 0 radical (unpaired) electrons. The first-order valence-electron chi connectivity index (χ1n) is 18.6. The number of para-hydroxylation sites is 1. The van der Waals surface area contributed by atoms with E-state index in [-0.39, 0.29) is 5.41 Å². The predicted octanol–water partition coefficient (Wildman–Crippen LogP) is 15.1. The maximum absolute atomic E-state index is 6.53. The Hall–Kier alpha value is -6.42. The van der Waals surface area contributed by atoms with Crippen LogP contribution in [-0.4, -0.2) is 0 Å². The van der Waals surface area contributed by atoms with E-state index in [1.54, 1.807) is 0 Å². The van der Waals surface area contributed by atoms with Crippen LogP contribution in [0.4, 0.5) is 17.1 Å². The molecule has 2 nitrogen and oxygen atoms in total. The standard InChI is InChI=1S/C51H35NOS/c1-51(2)43-22-9-6-16-36(43)41-20-12-21-42(50(41)51)49-35(32-14-4-3-5-15-32)19-13-23-44(49)52(33-26-28-38-37-17-7-10-24-45(37)53-46(38)30-33)34-27-29-40-39-18-8-11-25-47(39)54-48(40)31-34/h3-31H,1-2H3. The van der Waals surface area contributed by atoms with Crippen molar-refractivity contribution in [2.45, 2.75) is 19.3 Å². The highest BCUT2D eigenvalue weighted by atomic mass is 32.1. The van der Waals surface area contributed by atoms with E-state index in [4.69, 9.17) is 4.42 Å². The largest absolute Gasteiger partial charge is 0.456 e. The molecule has 0 saturated carbocycles. The Balaban J connectivity index is 1.23. The van der Waals surface area contributed by atoms with Gasteiger partial charge in [0.1, 0.15) is 11.2 Å². The molecule has 8 aromatic carbocycles. The monoisotopic (exact) mass is 709 g/mol. The average molecular weight is 710 g/mol. The molecule has 256 valence electrons. The minimum Gasteiger partial charge on any atom is -0.456 e. The van der Waals surface area contributed by atoms with Crippen LogP contribution in [0.25, 0.3) is 75.5 Å². The lowest BCUT2D eigenvalue weighted by molar-refractivity contribution is 0.662. The molecule has 0 saturated heterocycles. The van der Waals surface area contributed by atoms with E-state index in [0.29, 0.717) is 0 Å². The third-order valence-electron chi connectivity index (χ3n) is 11.5. The van der Waals surface area contributed by atoms with Gasteiger partial charge in [0.2, 0.25) is 0 Å². The summed E-state index contributed by atoms with van der Waals surface area (Å²) >= 11 is 1.85. The number of fused-ring (bicyclic) bond motifs is 9. The molecule has 0 fully saturated rings. The Morgan fingerprint density at radius 2 is 1.09 bits per heavy atom. The fourth-order valence-corrected chi connectivity index (χ4v) is 10.2. The highest BCUT2D eigenvalue weighted by Crippen LogP contribution is 2.55. The van der Waals surface area contributed by atoms with Crippen LogP contribution in [0, 0.1) is 0 Å². The van der Waals surface area contributed by atoms with Crippen molar-refractivity contribution in [1.82, 2.24) is 0 Å². The third-order valence-corrected chi connectivity index (χ3v) is 12.6. The zero-order valence-corrected chi connectivity index (χ0v) is 30.8. The van der Waals surface area contributed by atoms with Crippen molar-refractivity contribution in [2.24, 2.45) is 0 Å². The van der Waals surface area contributed by atoms with Gasteiger partial charge in [-0.1, -0.05) is 141 Å². The highest BCUT2D eigenvalue weighted by molar-refractivity contribution is 7.25. The molecule has 54 heavy (non-hydrogen) atoms. The van der Waals surface area contributed by atoms with Gasteiger partial charge < -0.3 is 9.32 Å². The molecule has 0 N–H and O–H groups in total. The molecule has 0 bridgehead atoms. The van der Waals surface area contributed by atoms with Crippen molar-refractivity contribution in [3.63, 3.8) is 0 Å². The molecule has 0 unspecified atom stereocenters. The lowest BCUT2D eigenvalue weighted by Crippen LogP contribution is -2.17. The van der Waals surface area contributed by atoms with E-state index >= 15 is 0 Å². The van der Waals surface area contributed by atoms with Gasteiger partial charge in [0, 0.05) is 59.4 Å². The van der Waals surface area contributed by atoms with Crippen molar-refractivity contribution >= 4 is 70.5 Å². The summed E-state index contributed by atoms with van der Waals surface area (Å²) in [6.07, 6.45) is 0. The molecular formula is C51H35NOS. The van der Waals surface area contributed by atoms with E-state index in [1.165, 1.54) is 64.7 Å². The number of nitrogens with zero attached hydrogens (tertiary/aromatic N) is 1. The Morgan fingerprint density at radius 3 is 1.98 bits per heavy atom. The van der Waals surface area contributed by atoms with Gasteiger partial charge in [0.25, 0.3) is 0 Å². The Labute approximate surface area is 318 Å². The van der Waals surface area contributed by atoms with Crippen LogP contribution in [0.5, 0.6) is 0 Å². The van der Waals surface area contributed by atoms with E-state index in [0.717, 1.165) is 39.0 Å². The van der Waals surface area contributed by atoms with Crippen LogP contribution in [0.3, 0.4) is 0 Å². The highest BCUT2D eigenvalue weighted by Gasteiger charge is 2.38. The summed E-state index contributed by atoms with van der Waals surface area (Å²) in [7, 11) is 0. The maximum atomic E-state index is 6.53. The Kier molecular flexibility index (Phi) is 6.80. The van der Waals surface area contributed by atoms with Gasteiger partial charge in [-0.15, -0.1) is 11.3 Å². The third kappa shape index (κ3) is 4.58. The summed E-state index contributed by atoms with van der Waals surface area (Å²) in [5, 5.41) is 4.83. The number of hydrogen-bond donors (Lipinski definition) is 0. The fraction of sp³-hybridized carbons (Fsp3) is 0.0588. The lowest BCUT2D eigenvalue weighted by atomic mass is 9.77. The first kappa shape index (κ1) is 31.1. The maximum Gasteiger partial charge on any atom is 0.137 e. The minimum atomic E-state index is -0.197. The van der Waals surface area contributed by atoms with E-state index in [2.05, 4.69) is 189 Å². The fourth-order valence-electron chi connectivity index (χ4n) is 9.06. The van der Waals surface area contributed by atoms with Crippen LogP contribution < -0.4 is 4.90 Å². The van der Waals surface area contributed by atoms with E-state index in [9.17, 15) is 0 Å². The molecule has 2 aromatic heterocycles. The van der Waals surface area contributed by atoms with Crippen molar-refractivity contribution in [3.05, 3.63) is 187 Å². The Bertz CT molecular complexity index is 2980. The van der Waals surface area contributed by atoms with Crippen molar-refractivity contribution in [3.8, 4) is 33.4 Å². The van der Waals surface area contributed by atoms with Gasteiger partial charge in [0.15, 0.2) is 0 Å². The number of anilines is 3. The molecule has 11 rings (SSSR count). The van der Waals surface area contributed by atoms with Gasteiger partial charge in [-0.2, -0.15) is 0 Å². The first-order chi connectivity index (χ1) is 26.5. The molecule has 0 spiro atoms. The number of furan rings is 1. The zero-order chi connectivity index (χ0) is 36.0. The number of benzene rings is 8. The molecule has 2 heterocycles. The van der Waals surface area contributed by atoms with Crippen molar-refractivity contribution in [2.75, 3.05) is 4.90 Å². The molecule has 10 aromatic rings. The lowest BCUT2D eigenvalue weighted by Gasteiger charge is -2.31. The second kappa shape index (κ2) is 11.8. The summed E-state index contributed by atoms with van der Waals surface area (Å²) in [4.78, 5) is 2.45. The molecule has 0 aliphatic heterocycles. The second-order valence-electron chi connectivity index (χ2n) is 14.9.